The van der Waals surface area contributed by atoms with Crippen LogP contribution in [0.3, 0.4) is 0 Å². The molecule has 0 fully saturated rings. The number of rotatable bonds is 14. The van der Waals surface area contributed by atoms with Crippen molar-refractivity contribution >= 4 is 47.1 Å². The minimum Gasteiger partial charge on any atom is -0.492 e. The summed E-state index contributed by atoms with van der Waals surface area (Å²) >= 11 is 0. The van der Waals surface area contributed by atoms with E-state index < -0.39 is 120 Å². The van der Waals surface area contributed by atoms with Gasteiger partial charge in [-0.2, -0.15) is 0 Å². The lowest BCUT2D eigenvalue weighted by atomic mass is 9.85. The Morgan fingerprint density at radius 1 is 0.570 bits per heavy atom. The summed E-state index contributed by atoms with van der Waals surface area (Å²) in [6.07, 6.45) is 5.95. The summed E-state index contributed by atoms with van der Waals surface area (Å²) in [6.45, 7) is 13.2. The summed E-state index contributed by atoms with van der Waals surface area (Å²) in [4.78, 5) is 110. The Morgan fingerprint density at radius 2 is 0.919 bits per heavy atom. The number of aliphatic hydroxyl groups excluding tert-OH is 2. The zero-order valence-electron chi connectivity index (χ0n) is 51.5. The van der Waals surface area contributed by atoms with Gasteiger partial charge in [0.25, 0.3) is 11.8 Å². The van der Waals surface area contributed by atoms with Gasteiger partial charge in [-0.3, -0.25) is 28.8 Å². The molecule has 2 aliphatic carbocycles. The number of aliphatic hydroxyl groups is 2. The fourth-order valence-electron chi connectivity index (χ4n) is 10.5. The van der Waals surface area contributed by atoms with Crippen LogP contribution in [0.5, 0.6) is 0 Å². The predicted molar refractivity (Wildman–Crippen MR) is 316 cm³/mol. The van der Waals surface area contributed by atoms with E-state index in [1.54, 1.807) is 53.7 Å². The number of nitrogens with two attached hydrogens (primary N) is 2. The van der Waals surface area contributed by atoms with Crippen LogP contribution in [0.4, 0.5) is 9.59 Å². The molecule has 0 aromatic heterocycles. The summed E-state index contributed by atoms with van der Waals surface area (Å²) in [6, 6.07) is 0. The maximum Gasteiger partial charge on any atom is 0.405 e. The SMILES string of the molecule is COC1=C2C[C@@H](C)C[C@H](OC)[C@H](O)[C@@H](C)/C=C(\C)[C@H](OC(N)=O)[C@@H](OC)/C=C\C=C(/C)C(=O)NC(=C(NC/C=C\CNC3=C4NC(=O)/C(C)=C/C=C\[C@H](OC)[C@@H](OC(N)=O)/C(C)=C/[C@H](C)[C@@H](O)[C@@H](OC)C[C@H](C)CC(=C(OC)C3=O)C4=O)C1=O)C2=O. The molecule has 0 spiro atoms. The van der Waals surface area contributed by atoms with Crippen molar-refractivity contribution in [1.29, 1.82) is 0 Å². The minimum atomic E-state index is -1.10. The fraction of sp³-hybridized carbons (Fsp3) is 0.516. The van der Waals surface area contributed by atoms with Crippen molar-refractivity contribution in [2.45, 2.75) is 130 Å². The number of fused-ring (bicyclic) bond motifs is 4. The number of hydrogen-bond acceptors (Lipinski definition) is 20. The van der Waals surface area contributed by atoms with E-state index >= 15 is 0 Å². The number of carbonyl (C=O) groups excluding carboxylic acids is 8. The molecule has 24 heteroatoms. The number of Topliss-reactive ketones (excluding diaryl/α,β-unsaturated/α-hetero) is 4. The van der Waals surface area contributed by atoms with Crippen LogP contribution >= 0.6 is 0 Å². The molecule has 0 saturated carbocycles. The maximum atomic E-state index is 14.6. The van der Waals surface area contributed by atoms with Crippen LogP contribution in [-0.4, -0.2) is 162 Å². The molecule has 4 rings (SSSR count). The molecule has 4 amide bonds. The van der Waals surface area contributed by atoms with Crippen molar-refractivity contribution < 1.29 is 86.5 Å². The van der Waals surface area contributed by atoms with Crippen LogP contribution in [0.1, 0.15) is 81.1 Å². The number of nitrogens with one attached hydrogen (secondary N) is 4. The van der Waals surface area contributed by atoms with Gasteiger partial charge in [0.15, 0.2) is 23.7 Å². The molecule has 12 atom stereocenters. The van der Waals surface area contributed by atoms with Crippen molar-refractivity contribution in [3.05, 3.63) is 129 Å². The van der Waals surface area contributed by atoms with Gasteiger partial charge in [-0.05, 0) is 76.4 Å². The number of amides is 4. The normalized spacial score (nSPS) is 31.7. The first kappa shape index (κ1) is 70.7. The lowest BCUT2D eigenvalue weighted by molar-refractivity contribution is -0.121. The highest BCUT2D eigenvalue weighted by molar-refractivity contribution is 6.26. The molecule has 0 saturated heterocycles. The van der Waals surface area contributed by atoms with Gasteiger partial charge in [-0.15, -0.1) is 0 Å². The molecule has 2 aliphatic heterocycles. The second-order valence-corrected chi connectivity index (χ2v) is 21.7. The van der Waals surface area contributed by atoms with Crippen molar-refractivity contribution in [1.82, 2.24) is 21.3 Å². The number of primary amides is 2. The van der Waals surface area contributed by atoms with Crippen molar-refractivity contribution in [2.75, 3.05) is 55.7 Å². The average molecular weight is 1200 g/mol. The van der Waals surface area contributed by atoms with Gasteiger partial charge in [-0.1, -0.05) is 88.5 Å². The van der Waals surface area contributed by atoms with Crippen LogP contribution in [0, 0.1) is 23.7 Å². The van der Waals surface area contributed by atoms with E-state index in [0.717, 1.165) is 0 Å². The Kier molecular flexibility index (Phi) is 27.3. The van der Waals surface area contributed by atoms with Crippen LogP contribution in [0.15, 0.2) is 129 Å². The van der Waals surface area contributed by atoms with Gasteiger partial charge in [0.05, 0.1) is 38.6 Å². The number of carbonyl (C=O) groups is 8. The molecule has 0 aromatic carbocycles. The van der Waals surface area contributed by atoms with Crippen LogP contribution in [0.2, 0.25) is 0 Å². The second kappa shape index (κ2) is 33.2. The van der Waals surface area contributed by atoms with Gasteiger partial charge in [-0.25, -0.2) is 9.59 Å². The summed E-state index contributed by atoms with van der Waals surface area (Å²) in [7, 11) is 8.12. The standard InChI is InChI=1S/C62H86N6O18/c1-31-25-39-51(71)47(67-59(75)33(3)19-17-21-41(79-9)55(85-61(63)77)37(7)29-35(5)49(69)43(27-31)81-11)45(53(73)57(39)83-13)65-23-15-16-24-66-46-48-52(72)40(58(84-14)54(46)74)26-32(2)28-44(82-12)50(70)36(6)30-38(8)56(86-62(64)78)42(80-10)22-18-20-34(4)60(76)68-48/h15-22,29-32,35-36,41-44,49-50,55-56,65-66,69-70H,23-28H2,1-14H3,(H2,63,77)(H2,64,78)(H,67,75)(H,68,76)/b16-15-,21-17-,22-18-,33-19+,34-20+,37-29+,38-30+/t31-,32-,35+,36+,41+,42+,43+,44+,49-,50-,55+,56+/m1/s1. The maximum absolute atomic E-state index is 14.6. The smallest absolute Gasteiger partial charge is 0.405 e. The molecule has 0 unspecified atom stereocenters. The van der Waals surface area contributed by atoms with Crippen molar-refractivity contribution in [3.63, 3.8) is 0 Å². The first-order chi connectivity index (χ1) is 40.7. The van der Waals surface area contributed by atoms with Crippen molar-refractivity contribution in [2.24, 2.45) is 35.1 Å². The Labute approximate surface area is 502 Å². The van der Waals surface area contributed by atoms with E-state index in [2.05, 4.69) is 21.3 Å². The zero-order chi connectivity index (χ0) is 64.3. The van der Waals surface area contributed by atoms with Gasteiger partial charge < -0.3 is 80.8 Å². The average Bonchev–Trinajstić information content (AvgIpc) is 1.14. The molecule has 0 aromatic rings. The summed E-state index contributed by atoms with van der Waals surface area (Å²) < 4.78 is 44.9. The molecule has 472 valence electrons. The molecule has 2 heterocycles. The van der Waals surface area contributed by atoms with Crippen molar-refractivity contribution in [3.8, 4) is 0 Å². The molecular formula is C62H86N6O18. The van der Waals surface area contributed by atoms with Gasteiger partial charge >= 0.3 is 12.2 Å². The number of allylic oxidation sites excluding steroid dienone is 6. The number of ether oxygens (including phenoxy) is 8. The Balaban J connectivity index is 1.74. The van der Waals surface area contributed by atoms with E-state index in [1.807, 2.05) is 0 Å². The van der Waals surface area contributed by atoms with Crippen LogP contribution in [0.25, 0.3) is 0 Å². The lowest BCUT2D eigenvalue weighted by Crippen LogP contribution is -2.40. The van der Waals surface area contributed by atoms with E-state index in [0.29, 0.717) is 11.1 Å². The van der Waals surface area contributed by atoms with E-state index in [1.165, 1.54) is 105 Å². The molecule has 4 bridgehead atoms. The number of hydrogen-bond donors (Lipinski definition) is 8. The number of ketones is 4. The van der Waals surface area contributed by atoms with Gasteiger partial charge in [0, 0.05) is 75.7 Å². The highest BCUT2D eigenvalue weighted by Gasteiger charge is 2.41. The summed E-state index contributed by atoms with van der Waals surface area (Å²) in [5, 5.41) is 34.3. The first-order valence-corrected chi connectivity index (χ1v) is 28.1. The Bertz CT molecular complexity index is 2730. The van der Waals surface area contributed by atoms with Gasteiger partial charge in [0.2, 0.25) is 23.1 Å². The van der Waals surface area contributed by atoms with E-state index in [-0.39, 0.29) is 95.4 Å². The second-order valence-electron chi connectivity index (χ2n) is 21.7. The van der Waals surface area contributed by atoms with Crippen LogP contribution < -0.4 is 32.7 Å². The number of methoxy groups -OCH3 is 6. The third-order valence-corrected chi connectivity index (χ3v) is 15.2. The Morgan fingerprint density at radius 3 is 1.22 bits per heavy atom. The third kappa shape index (κ3) is 18.4. The largest absolute Gasteiger partial charge is 0.492 e. The topological polar surface area (TPSA) is 351 Å². The first-order valence-electron chi connectivity index (χ1n) is 28.1. The highest BCUT2D eigenvalue weighted by atomic mass is 16.6. The van der Waals surface area contributed by atoms with Gasteiger partial charge in [0.1, 0.15) is 35.0 Å². The quantitative estimate of drug-likeness (QED) is 0.0891. The third-order valence-electron chi connectivity index (χ3n) is 15.2. The predicted octanol–water partition coefficient (Wildman–Crippen LogP) is 4.22. The molecule has 86 heavy (non-hydrogen) atoms. The van der Waals surface area contributed by atoms with Crippen LogP contribution in [-0.2, 0) is 66.7 Å². The summed E-state index contributed by atoms with van der Waals surface area (Å²) in [5.74, 6) is -6.93. The highest BCUT2D eigenvalue weighted by Crippen LogP contribution is 2.34. The zero-order valence-corrected chi connectivity index (χ0v) is 51.5. The van der Waals surface area contributed by atoms with E-state index in [4.69, 9.17) is 49.4 Å². The molecule has 24 nitrogen and oxygen atoms in total. The fourth-order valence-corrected chi connectivity index (χ4v) is 10.5. The molecule has 0 radical (unpaired) electrons. The molecule has 10 N–H and O–H groups in total. The van der Waals surface area contributed by atoms with E-state index in [9.17, 15) is 48.6 Å². The lowest BCUT2D eigenvalue weighted by Gasteiger charge is -2.30. The summed E-state index contributed by atoms with van der Waals surface area (Å²) in [5.41, 5.74) is 10.7. The monoisotopic (exact) mass is 1200 g/mol. The molecular weight excluding hydrogens is 1120 g/mol. The molecule has 4 aliphatic rings. The minimum absolute atomic E-state index is 0.0274. The Hall–Kier alpha value is -7.74.